The van der Waals surface area contributed by atoms with Crippen molar-refractivity contribution in [3.05, 3.63) is 0 Å². The molecular weight excluding hydrogens is 190 g/mol. The van der Waals surface area contributed by atoms with Crippen molar-refractivity contribution < 1.29 is 4.74 Å². The lowest BCUT2D eigenvalue weighted by Crippen LogP contribution is -2.41. The molecule has 0 bridgehead atoms. The topological polar surface area (TPSA) is 50.8 Å². The average molecular weight is 213 g/mol. The Bertz CT molecular complexity index is 210. The minimum atomic E-state index is 0.250. The molecule has 0 saturated carbocycles. The van der Waals surface area contributed by atoms with Crippen molar-refractivity contribution >= 4 is 5.96 Å². The Balaban J connectivity index is 2.36. The maximum absolute atomic E-state index is 5.86. The first-order valence-corrected chi connectivity index (χ1v) is 5.75. The van der Waals surface area contributed by atoms with E-state index in [0.717, 1.165) is 19.6 Å². The molecule has 0 amide bonds. The molecule has 1 rings (SSSR count). The molecule has 1 aliphatic heterocycles. The van der Waals surface area contributed by atoms with Gasteiger partial charge in [-0.2, -0.15) is 0 Å². The van der Waals surface area contributed by atoms with Gasteiger partial charge in [0.25, 0.3) is 0 Å². The van der Waals surface area contributed by atoms with Gasteiger partial charge in [-0.25, -0.2) is 0 Å². The van der Waals surface area contributed by atoms with Crippen LogP contribution in [0.2, 0.25) is 0 Å². The molecule has 1 saturated heterocycles. The van der Waals surface area contributed by atoms with E-state index in [4.69, 9.17) is 10.5 Å². The van der Waals surface area contributed by atoms with E-state index in [1.807, 2.05) is 25.8 Å². The van der Waals surface area contributed by atoms with E-state index in [0.29, 0.717) is 12.1 Å². The Morgan fingerprint density at radius 2 is 2.27 bits per heavy atom. The van der Waals surface area contributed by atoms with Gasteiger partial charge in [0.15, 0.2) is 5.96 Å². The van der Waals surface area contributed by atoms with Crippen LogP contribution in [0.25, 0.3) is 0 Å². The van der Waals surface area contributed by atoms with E-state index in [1.54, 1.807) is 0 Å². The third-order valence-electron chi connectivity index (χ3n) is 2.53. The van der Waals surface area contributed by atoms with E-state index in [9.17, 15) is 0 Å². The fourth-order valence-corrected chi connectivity index (χ4v) is 1.71. The van der Waals surface area contributed by atoms with E-state index in [2.05, 4.69) is 4.99 Å². The minimum Gasteiger partial charge on any atom is -0.376 e. The molecule has 88 valence electrons. The second-order valence-electron chi connectivity index (χ2n) is 4.45. The number of rotatable bonds is 3. The van der Waals surface area contributed by atoms with Gasteiger partial charge in [-0.3, -0.25) is 4.99 Å². The first-order chi connectivity index (χ1) is 7.09. The van der Waals surface area contributed by atoms with Gasteiger partial charge in [-0.15, -0.1) is 0 Å². The Morgan fingerprint density at radius 3 is 2.80 bits per heavy atom. The first kappa shape index (κ1) is 12.3. The lowest BCUT2D eigenvalue weighted by molar-refractivity contribution is 0.00697. The van der Waals surface area contributed by atoms with Gasteiger partial charge in [0.2, 0.25) is 0 Å². The number of guanidine groups is 1. The molecule has 1 heterocycles. The lowest BCUT2D eigenvalue weighted by Gasteiger charge is -2.28. The predicted octanol–water partition coefficient (Wildman–Crippen LogP) is 1.21. The standard InChI is InChI=1S/C11H23N3O/c1-9(2)13-11(12)14(3)8-10-6-4-5-7-15-10/h9-10H,4-8H2,1-3H3,(H2,12,13). The molecule has 0 aliphatic carbocycles. The number of nitrogens with two attached hydrogens (primary N) is 1. The summed E-state index contributed by atoms with van der Waals surface area (Å²) >= 11 is 0. The third-order valence-corrected chi connectivity index (χ3v) is 2.53. The summed E-state index contributed by atoms with van der Waals surface area (Å²) in [6.45, 7) is 5.79. The highest BCUT2D eigenvalue weighted by Gasteiger charge is 2.16. The lowest BCUT2D eigenvalue weighted by atomic mass is 10.1. The molecule has 0 aromatic heterocycles. The van der Waals surface area contributed by atoms with Gasteiger partial charge in [0.05, 0.1) is 6.10 Å². The van der Waals surface area contributed by atoms with Crippen LogP contribution in [-0.2, 0) is 4.74 Å². The Labute approximate surface area is 92.5 Å². The second-order valence-corrected chi connectivity index (χ2v) is 4.45. The molecule has 4 nitrogen and oxygen atoms in total. The van der Waals surface area contributed by atoms with Crippen LogP contribution >= 0.6 is 0 Å². The number of nitrogens with zero attached hydrogens (tertiary/aromatic N) is 2. The fourth-order valence-electron chi connectivity index (χ4n) is 1.71. The smallest absolute Gasteiger partial charge is 0.191 e. The van der Waals surface area contributed by atoms with Crippen LogP contribution in [0.3, 0.4) is 0 Å². The normalized spacial score (nSPS) is 23.2. The van der Waals surface area contributed by atoms with Gasteiger partial charge in [-0.05, 0) is 33.1 Å². The van der Waals surface area contributed by atoms with Crippen LogP contribution < -0.4 is 5.73 Å². The van der Waals surface area contributed by atoms with Crippen LogP contribution in [0, 0.1) is 0 Å². The number of likely N-dealkylation sites (N-methyl/N-ethyl adjacent to an activating group) is 1. The molecule has 0 spiro atoms. The monoisotopic (exact) mass is 213 g/mol. The summed E-state index contributed by atoms with van der Waals surface area (Å²) in [4.78, 5) is 6.29. The summed E-state index contributed by atoms with van der Waals surface area (Å²) in [5, 5.41) is 0. The molecule has 0 aromatic rings. The van der Waals surface area contributed by atoms with Crippen molar-refractivity contribution in [2.75, 3.05) is 20.2 Å². The molecule has 2 N–H and O–H groups in total. The van der Waals surface area contributed by atoms with Crippen molar-refractivity contribution in [1.82, 2.24) is 4.90 Å². The molecule has 15 heavy (non-hydrogen) atoms. The van der Waals surface area contributed by atoms with E-state index < -0.39 is 0 Å². The molecule has 1 unspecified atom stereocenters. The van der Waals surface area contributed by atoms with Crippen molar-refractivity contribution in [2.24, 2.45) is 10.7 Å². The minimum absolute atomic E-state index is 0.250. The number of ether oxygens (including phenoxy) is 1. The van der Waals surface area contributed by atoms with E-state index in [-0.39, 0.29) is 6.04 Å². The third kappa shape index (κ3) is 4.51. The maximum atomic E-state index is 5.86. The highest BCUT2D eigenvalue weighted by atomic mass is 16.5. The zero-order valence-corrected chi connectivity index (χ0v) is 10.1. The summed E-state index contributed by atoms with van der Waals surface area (Å²) in [6, 6.07) is 0.250. The molecule has 0 radical (unpaired) electrons. The molecule has 4 heteroatoms. The van der Waals surface area contributed by atoms with Crippen LogP contribution in [0.4, 0.5) is 0 Å². The zero-order valence-electron chi connectivity index (χ0n) is 10.1. The first-order valence-electron chi connectivity index (χ1n) is 5.75. The van der Waals surface area contributed by atoms with Crippen molar-refractivity contribution in [2.45, 2.75) is 45.3 Å². The van der Waals surface area contributed by atoms with Crippen molar-refractivity contribution in [3.63, 3.8) is 0 Å². The summed E-state index contributed by atoms with van der Waals surface area (Å²) < 4.78 is 5.65. The van der Waals surface area contributed by atoms with Gasteiger partial charge >= 0.3 is 0 Å². The Morgan fingerprint density at radius 1 is 1.53 bits per heavy atom. The molecule has 1 fully saturated rings. The Hall–Kier alpha value is -0.770. The summed E-state index contributed by atoms with van der Waals surface area (Å²) in [5.74, 6) is 0.610. The van der Waals surface area contributed by atoms with Crippen LogP contribution in [0.5, 0.6) is 0 Å². The van der Waals surface area contributed by atoms with Gasteiger partial charge in [0, 0.05) is 26.2 Å². The largest absolute Gasteiger partial charge is 0.376 e. The van der Waals surface area contributed by atoms with Gasteiger partial charge in [-0.1, -0.05) is 0 Å². The summed E-state index contributed by atoms with van der Waals surface area (Å²) in [7, 11) is 1.97. The number of aliphatic imine (C=N–C) groups is 1. The molecule has 1 atom stereocenters. The van der Waals surface area contributed by atoms with Crippen LogP contribution in [0.1, 0.15) is 33.1 Å². The highest BCUT2D eigenvalue weighted by Crippen LogP contribution is 2.13. The molecular formula is C11H23N3O. The van der Waals surface area contributed by atoms with Crippen LogP contribution in [-0.4, -0.2) is 43.2 Å². The zero-order chi connectivity index (χ0) is 11.3. The average Bonchev–Trinajstić information content (AvgIpc) is 2.18. The van der Waals surface area contributed by atoms with Gasteiger partial charge < -0.3 is 15.4 Å². The van der Waals surface area contributed by atoms with Crippen molar-refractivity contribution in [1.29, 1.82) is 0 Å². The quantitative estimate of drug-likeness (QED) is 0.566. The summed E-state index contributed by atoms with van der Waals surface area (Å²) in [6.07, 6.45) is 3.92. The fraction of sp³-hybridized carbons (Fsp3) is 0.909. The summed E-state index contributed by atoms with van der Waals surface area (Å²) in [5.41, 5.74) is 5.86. The number of hydrogen-bond donors (Lipinski definition) is 1. The van der Waals surface area contributed by atoms with E-state index >= 15 is 0 Å². The number of hydrogen-bond acceptors (Lipinski definition) is 2. The van der Waals surface area contributed by atoms with Gasteiger partial charge in [0.1, 0.15) is 0 Å². The van der Waals surface area contributed by atoms with E-state index in [1.165, 1.54) is 12.8 Å². The SMILES string of the molecule is CC(C)N=C(N)N(C)CC1CCCCO1. The Kier molecular flexibility index (Phi) is 4.88. The maximum Gasteiger partial charge on any atom is 0.191 e. The second kappa shape index (κ2) is 5.95. The highest BCUT2D eigenvalue weighted by molar-refractivity contribution is 5.77. The molecule has 1 aliphatic rings. The predicted molar refractivity (Wildman–Crippen MR) is 63.0 cm³/mol. The van der Waals surface area contributed by atoms with Crippen molar-refractivity contribution in [3.8, 4) is 0 Å². The van der Waals surface area contributed by atoms with Crippen LogP contribution in [0.15, 0.2) is 4.99 Å². The molecule has 0 aromatic carbocycles.